The highest BCUT2D eigenvalue weighted by molar-refractivity contribution is 7.89. The van der Waals surface area contributed by atoms with Crippen LogP contribution in [0, 0.1) is 13.8 Å². The molecule has 0 bridgehead atoms. The molecule has 1 saturated heterocycles. The molecular formula is C15H24N2O2S. The lowest BCUT2D eigenvalue weighted by molar-refractivity contribution is 0.365. The van der Waals surface area contributed by atoms with Crippen LogP contribution < -0.4 is 5.73 Å². The summed E-state index contributed by atoms with van der Waals surface area (Å²) in [6, 6.07) is 5.50. The number of benzene rings is 1. The summed E-state index contributed by atoms with van der Waals surface area (Å²) in [4.78, 5) is 0.417. The average Bonchev–Trinajstić information content (AvgIpc) is 2.88. The molecule has 0 saturated carbocycles. The quantitative estimate of drug-likeness (QED) is 0.906. The fraction of sp³-hybridized carbons (Fsp3) is 0.600. The number of aryl methyl sites for hydroxylation is 2. The van der Waals surface area contributed by atoms with Crippen molar-refractivity contribution in [1.29, 1.82) is 0 Å². The van der Waals surface area contributed by atoms with Crippen molar-refractivity contribution in [3.05, 3.63) is 29.3 Å². The normalized spacial score (nSPS) is 20.4. The second kappa shape index (κ2) is 6.24. The maximum Gasteiger partial charge on any atom is 0.243 e. The molecule has 5 heteroatoms. The van der Waals surface area contributed by atoms with E-state index in [4.69, 9.17) is 5.73 Å². The van der Waals surface area contributed by atoms with Gasteiger partial charge in [0.05, 0.1) is 4.90 Å². The molecule has 1 fully saturated rings. The van der Waals surface area contributed by atoms with Crippen LogP contribution in [0.1, 0.15) is 36.8 Å². The summed E-state index contributed by atoms with van der Waals surface area (Å²) in [5, 5.41) is 0. The average molecular weight is 296 g/mol. The van der Waals surface area contributed by atoms with Gasteiger partial charge in [0.2, 0.25) is 10.0 Å². The van der Waals surface area contributed by atoms with E-state index >= 15 is 0 Å². The third kappa shape index (κ3) is 3.05. The number of hydrogen-bond donors (Lipinski definition) is 1. The molecule has 1 aromatic rings. The SMILES string of the molecule is Cc1ccc(S(=O)(=O)N2CCCC2CCCN)cc1C. The first kappa shape index (κ1) is 15.5. The van der Waals surface area contributed by atoms with Gasteiger partial charge in [-0.3, -0.25) is 0 Å². The fourth-order valence-corrected chi connectivity index (χ4v) is 4.59. The molecule has 2 N–H and O–H groups in total. The molecule has 2 rings (SSSR count). The summed E-state index contributed by atoms with van der Waals surface area (Å²) < 4.78 is 27.2. The van der Waals surface area contributed by atoms with Gasteiger partial charge in [0.15, 0.2) is 0 Å². The Kier molecular flexibility index (Phi) is 4.83. The van der Waals surface area contributed by atoms with Crippen LogP contribution in [-0.2, 0) is 10.0 Å². The smallest absolute Gasteiger partial charge is 0.243 e. The molecule has 0 radical (unpaired) electrons. The maximum atomic E-state index is 12.8. The predicted molar refractivity (Wildman–Crippen MR) is 81.1 cm³/mol. The summed E-state index contributed by atoms with van der Waals surface area (Å²) in [5.41, 5.74) is 7.67. The Morgan fingerprint density at radius 2 is 2.05 bits per heavy atom. The van der Waals surface area contributed by atoms with Crippen LogP contribution >= 0.6 is 0 Å². The fourth-order valence-electron chi connectivity index (χ4n) is 2.78. The molecule has 20 heavy (non-hydrogen) atoms. The van der Waals surface area contributed by atoms with Crippen molar-refractivity contribution in [2.24, 2.45) is 5.73 Å². The number of nitrogens with zero attached hydrogens (tertiary/aromatic N) is 1. The van der Waals surface area contributed by atoms with Crippen LogP contribution in [0.2, 0.25) is 0 Å². The highest BCUT2D eigenvalue weighted by Crippen LogP contribution is 2.29. The van der Waals surface area contributed by atoms with E-state index in [1.807, 2.05) is 19.9 Å². The van der Waals surface area contributed by atoms with E-state index in [9.17, 15) is 8.42 Å². The highest BCUT2D eigenvalue weighted by atomic mass is 32.2. The van der Waals surface area contributed by atoms with Crippen molar-refractivity contribution >= 4 is 10.0 Å². The van der Waals surface area contributed by atoms with E-state index in [0.717, 1.165) is 36.8 Å². The molecule has 1 unspecified atom stereocenters. The largest absolute Gasteiger partial charge is 0.330 e. The maximum absolute atomic E-state index is 12.8. The van der Waals surface area contributed by atoms with E-state index in [1.165, 1.54) is 0 Å². The molecule has 1 aliphatic rings. The van der Waals surface area contributed by atoms with Crippen molar-refractivity contribution in [1.82, 2.24) is 4.31 Å². The van der Waals surface area contributed by atoms with Gasteiger partial charge in [0.1, 0.15) is 0 Å². The van der Waals surface area contributed by atoms with Crippen LogP contribution in [0.25, 0.3) is 0 Å². The van der Waals surface area contributed by atoms with Crippen molar-refractivity contribution in [2.75, 3.05) is 13.1 Å². The minimum Gasteiger partial charge on any atom is -0.330 e. The van der Waals surface area contributed by atoms with E-state index in [-0.39, 0.29) is 6.04 Å². The van der Waals surface area contributed by atoms with Gasteiger partial charge < -0.3 is 5.73 Å². The van der Waals surface area contributed by atoms with Gasteiger partial charge in [-0.2, -0.15) is 4.31 Å². The molecule has 0 aromatic heterocycles. The van der Waals surface area contributed by atoms with Crippen LogP contribution in [0.15, 0.2) is 23.1 Å². The number of nitrogens with two attached hydrogens (primary N) is 1. The van der Waals surface area contributed by atoms with Gasteiger partial charge in [-0.05, 0) is 69.3 Å². The first-order valence-corrected chi connectivity index (χ1v) is 8.70. The van der Waals surface area contributed by atoms with Gasteiger partial charge in [-0.15, -0.1) is 0 Å². The Hall–Kier alpha value is -0.910. The molecule has 1 aliphatic heterocycles. The first-order chi connectivity index (χ1) is 9.46. The zero-order chi connectivity index (χ0) is 14.8. The second-order valence-electron chi connectivity index (χ2n) is 5.59. The van der Waals surface area contributed by atoms with Crippen LogP contribution in [-0.4, -0.2) is 31.9 Å². The van der Waals surface area contributed by atoms with Gasteiger partial charge >= 0.3 is 0 Å². The predicted octanol–water partition coefficient (Wildman–Crippen LogP) is 2.20. The minimum absolute atomic E-state index is 0.116. The Morgan fingerprint density at radius 1 is 1.30 bits per heavy atom. The van der Waals surface area contributed by atoms with E-state index in [0.29, 0.717) is 18.0 Å². The molecule has 0 amide bonds. The molecule has 1 heterocycles. The Balaban J connectivity index is 2.26. The Morgan fingerprint density at radius 3 is 2.70 bits per heavy atom. The lowest BCUT2D eigenvalue weighted by atomic mass is 10.1. The van der Waals surface area contributed by atoms with Crippen LogP contribution in [0.3, 0.4) is 0 Å². The van der Waals surface area contributed by atoms with Gasteiger partial charge in [-0.25, -0.2) is 8.42 Å². The monoisotopic (exact) mass is 296 g/mol. The topological polar surface area (TPSA) is 63.4 Å². The van der Waals surface area contributed by atoms with Crippen LogP contribution in [0.5, 0.6) is 0 Å². The summed E-state index contributed by atoms with van der Waals surface area (Å²) in [7, 11) is -3.37. The lowest BCUT2D eigenvalue weighted by Gasteiger charge is -2.24. The molecule has 112 valence electrons. The van der Waals surface area contributed by atoms with Crippen molar-refractivity contribution in [3.63, 3.8) is 0 Å². The third-order valence-corrected chi connectivity index (χ3v) is 6.10. The zero-order valence-electron chi connectivity index (χ0n) is 12.3. The van der Waals surface area contributed by atoms with Crippen molar-refractivity contribution in [2.45, 2.75) is 50.5 Å². The summed E-state index contributed by atoms with van der Waals surface area (Å²) in [6.45, 7) is 5.19. The van der Waals surface area contributed by atoms with E-state index in [1.54, 1.807) is 16.4 Å². The van der Waals surface area contributed by atoms with Gasteiger partial charge in [0.25, 0.3) is 0 Å². The van der Waals surface area contributed by atoms with Crippen LogP contribution in [0.4, 0.5) is 0 Å². The van der Waals surface area contributed by atoms with E-state index < -0.39 is 10.0 Å². The molecule has 0 spiro atoms. The second-order valence-corrected chi connectivity index (χ2v) is 7.48. The third-order valence-electron chi connectivity index (χ3n) is 4.15. The number of hydrogen-bond acceptors (Lipinski definition) is 3. The highest BCUT2D eigenvalue weighted by Gasteiger charge is 2.34. The lowest BCUT2D eigenvalue weighted by Crippen LogP contribution is -2.35. The van der Waals surface area contributed by atoms with Crippen molar-refractivity contribution in [3.8, 4) is 0 Å². The Bertz CT molecular complexity index is 569. The van der Waals surface area contributed by atoms with Crippen molar-refractivity contribution < 1.29 is 8.42 Å². The van der Waals surface area contributed by atoms with E-state index in [2.05, 4.69) is 0 Å². The molecule has 0 aliphatic carbocycles. The van der Waals surface area contributed by atoms with Gasteiger partial charge in [0, 0.05) is 12.6 Å². The standard InChI is InChI=1S/C15H24N2O2S/c1-12-7-8-15(11-13(12)2)20(18,19)17-10-4-6-14(17)5-3-9-16/h7-8,11,14H,3-6,9-10,16H2,1-2H3. The summed E-state index contributed by atoms with van der Waals surface area (Å²) >= 11 is 0. The van der Waals surface area contributed by atoms with Gasteiger partial charge in [-0.1, -0.05) is 6.07 Å². The number of sulfonamides is 1. The molecular weight excluding hydrogens is 272 g/mol. The molecule has 4 nitrogen and oxygen atoms in total. The number of rotatable bonds is 5. The zero-order valence-corrected chi connectivity index (χ0v) is 13.1. The summed E-state index contributed by atoms with van der Waals surface area (Å²) in [6.07, 6.45) is 3.63. The Labute approximate surface area is 122 Å². The minimum atomic E-state index is -3.37. The molecule has 1 aromatic carbocycles. The summed E-state index contributed by atoms with van der Waals surface area (Å²) in [5.74, 6) is 0. The first-order valence-electron chi connectivity index (χ1n) is 7.26. The molecule has 1 atom stereocenters.